The summed E-state index contributed by atoms with van der Waals surface area (Å²) in [6.45, 7) is -0.278. The molecule has 53 heavy (non-hydrogen) atoms. The minimum atomic E-state index is -1.55. The van der Waals surface area contributed by atoms with E-state index in [1.165, 1.54) is 30.1 Å². The fourth-order valence-electron chi connectivity index (χ4n) is 4.53. The summed E-state index contributed by atoms with van der Waals surface area (Å²) >= 11 is 1.44. The molecule has 0 fully saturated rings. The summed E-state index contributed by atoms with van der Waals surface area (Å²) in [5.41, 5.74) is 12.0. The lowest BCUT2D eigenvalue weighted by molar-refractivity contribution is -0.141. The number of nitrogens with zero attached hydrogens (tertiary/aromatic N) is 3. The first-order valence-corrected chi connectivity index (χ1v) is 17.3. The monoisotopic (exact) mass is 757 g/mol. The number of rotatable bonds is 21. The van der Waals surface area contributed by atoms with Gasteiger partial charge in [0.2, 0.25) is 23.7 Å². The lowest BCUT2D eigenvalue weighted by Gasteiger charge is -2.21. The van der Waals surface area contributed by atoms with Crippen molar-refractivity contribution in [2.45, 2.75) is 56.4 Å². The van der Waals surface area contributed by atoms with E-state index in [4.69, 9.17) is 11.5 Å². The number of carboxylic acids is 2. The largest absolute Gasteiger partial charge is 0.481 e. The maximum atomic E-state index is 12.8. The molecule has 1 aromatic carbocycles. The van der Waals surface area contributed by atoms with Gasteiger partial charge in [0.25, 0.3) is 11.5 Å². The Labute approximate surface area is 304 Å². The standard InChI is InChI=1S/C31H39N11O10S/c1-53-9-8-17(14-43)38-28(49)21(10-23(45)46)40-27(48)19(32)13-35-22(44)7-6-20(30(51)52)39-26(47)15-2-4-16(5-3-15)34-11-18-12-36-25-24(37-18)29(50)42-31(33)41-25/h2-5,12,14,17,19-21,34H,6-11,13,32H2,1H3,(H,35,44)(H,38,49)(H,39,47)(H,40,48)(H,45,46)(H,51,52)(H3,33,36,41,42,50). The van der Waals surface area contributed by atoms with E-state index in [2.05, 4.69) is 46.5 Å². The number of nitrogens with two attached hydrogens (primary N) is 2. The SMILES string of the molecule is CSCCC(C=O)NC(=O)C(CC(=O)O)NC(=O)C(N)CNC(=O)CCC(NC(=O)c1ccc(NCc2cnc3nc(N)[nH]c(=O)c3n2)cc1)C(=O)O. The van der Waals surface area contributed by atoms with Crippen LogP contribution < -0.4 is 43.6 Å². The van der Waals surface area contributed by atoms with Crippen molar-refractivity contribution in [1.82, 2.24) is 41.2 Å². The normalized spacial score (nSPS) is 13.1. The highest BCUT2D eigenvalue weighted by Crippen LogP contribution is 2.12. The Kier molecular flexibility index (Phi) is 15.6. The van der Waals surface area contributed by atoms with E-state index in [1.807, 2.05) is 0 Å². The Morgan fingerprint density at radius 1 is 0.981 bits per heavy atom. The number of aliphatic carboxylic acids is 2. The van der Waals surface area contributed by atoms with Crippen LogP contribution >= 0.6 is 11.8 Å². The van der Waals surface area contributed by atoms with Crippen molar-refractivity contribution < 1.29 is 43.8 Å². The predicted molar refractivity (Wildman–Crippen MR) is 190 cm³/mol. The molecule has 4 amide bonds. The zero-order valence-corrected chi connectivity index (χ0v) is 29.1. The first-order valence-electron chi connectivity index (χ1n) is 15.9. The number of H-pyrrole nitrogens is 1. The summed E-state index contributed by atoms with van der Waals surface area (Å²) in [7, 11) is 0. The molecule has 3 rings (SSSR count). The van der Waals surface area contributed by atoms with Crippen molar-refractivity contribution in [1.29, 1.82) is 0 Å². The first-order chi connectivity index (χ1) is 25.2. The highest BCUT2D eigenvalue weighted by atomic mass is 32.2. The van der Waals surface area contributed by atoms with Crippen molar-refractivity contribution in [3.8, 4) is 0 Å². The third-order valence-corrected chi connectivity index (χ3v) is 8.01. The summed E-state index contributed by atoms with van der Waals surface area (Å²) < 4.78 is 0. The molecule has 12 N–H and O–H groups in total. The fraction of sp³-hybridized carbons (Fsp3) is 0.387. The van der Waals surface area contributed by atoms with Gasteiger partial charge >= 0.3 is 11.9 Å². The average molecular weight is 758 g/mol. The quantitative estimate of drug-likeness (QED) is 0.0511. The van der Waals surface area contributed by atoms with Crippen LogP contribution in [-0.2, 0) is 35.3 Å². The number of aromatic nitrogens is 4. The van der Waals surface area contributed by atoms with Crippen LogP contribution in [-0.4, -0.2) is 115 Å². The van der Waals surface area contributed by atoms with Crippen LogP contribution in [0.25, 0.3) is 11.2 Å². The van der Waals surface area contributed by atoms with Gasteiger partial charge in [-0.3, -0.25) is 33.8 Å². The molecule has 0 radical (unpaired) electrons. The predicted octanol–water partition coefficient (Wildman–Crippen LogP) is -2.29. The Bertz CT molecular complexity index is 1880. The second-order valence-corrected chi connectivity index (χ2v) is 12.4. The number of carboxylic acid groups (broad SMARTS) is 2. The van der Waals surface area contributed by atoms with Crippen LogP contribution in [0, 0.1) is 0 Å². The van der Waals surface area contributed by atoms with E-state index in [1.54, 1.807) is 18.4 Å². The van der Waals surface area contributed by atoms with Crippen molar-refractivity contribution in [3.63, 3.8) is 0 Å². The number of anilines is 2. The fourth-order valence-corrected chi connectivity index (χ4v) is 5.02. The van der Waals surface area contributed by atoms with Crippen LogP contribution in [0.2, 0.25) is 0 Å². The van der Waals surface area contributed by atoms with Crippen molar-refractivity contribution >= 4 is 76.4 Å². The van der Waals surface area contributed by atoms with Gasteiger partial charge in [-0.25, -0.2) is 14.8 Å². The van der Waals surface area contributed by atoms with Crippen LogP contribution in [0.15, 0.2) is 35.3 Å². The number of fused-ring (bicyclic) bond motifs is 1. The molecule has 2 aromatic heterocycles. The zero-order chi connectivity index (χ0) is 39.1. The van der Waals surface area contributed by atoms with Gasteiger partial charge in [-0.05, 0) is 49.1 Å². The van der Waals surface area contributed by atoms with Gasteiger partial charge in [-0.1, -0.05) is 0 Å². The van der Waals surface area contributed by atoms with E-state index in [0.29, 0.717) is 29.8 Å². The molecular formula is C31H39N11O10S. The molecule has 0 saturated carbocycles. The molecule has 4 unspecified atom stereocenters. The molecular weight excluding hydrogens is 718 g/mol. The van der Waals surface area contributed by atoms with Gasteiger partial charge in [-0.2, -0.15) is 16.7 Å². The molecule has 0 aliphatic rings. The maximum absolute atomic E-state index is 12.8. The van der Waals surface area contributed by atoms with E-state index >= 15 is 0 Å². The highest BCUT2D eigenvalue weighted by molar-refractivity contribution is 7.98. The Morgan fingerprint density at radius 3 is 2.34 bits per heavy atom. The van der Waals surface area contributed by atoms with E-state index in [-0.39, 0.29) is 42.1 Å². The van der Waals surface area contributed by atoms with E-state index in [0.717, 1.165) is 0 Å². The molecule has 2 heterocycles. The average Bonchev–Trinajstić information content (AvgIpc) is 3.12. The third-order valence-electron chi connectivity index (χ3n) is 7.36. The van der Waals surface area contributed by atoms with Gasteiger partial charge in [0, 0.05) is 24.2 Å². The molecule has 0 spiro atoms. The lowest BCUT2D eigenvalue weighted by atomic mass is 10.1. The minimum absolute atomic E-state index is 0.0149. The number of nitrogens with one attached hydrogen (secondary N) is 6. The van der Waals surface area contributed by atoms with Gasteiger partial charge in [0.15, 0.2) is 11.2 Å². The number of amides is 4. The van der Waals surface area contributed by atoms with Crippen LogP contribution in [0.4, 0.5) is 11.6 Å². The Morgan fingerprint density at radius 2 is 1.70 bits per heavy atom. The number of benzene rings is 1. The number of thioether (sulfide) groups is 1. The van der Waals surface area contributed by atoms with Crippen molar-refractivity contribution in [3.05, 3.63) is 52.1 Å². The molecule has 0 bridgehead atoms. The summed E-state index contributed by atoms with van der Waals surface area (Å²) in [5.74, 6) is -5.63. The second-order valence-electron chi connectivity index (χ2n) is 11.4. The molecule has 284 valence electrons. The molecule has 22 heteroatoms. The number of hydrogen-bond donors (Lipinski definition) is 10. The van der Waals surface area contributed by atoms with Crippen molar-refractivity contribution in [2.24, 2.45) is 5.73 Å². The molecule has 4 atom stereocenters. The van der Waals surface area contributed by atoms with Gasteiger partial charge in [0.1, 0.15) is 24.4 Å². The second kappa shape index (κ2) is 20.0. The Balaban J connectivity index is 1.47. The van der Waals surface area contributed by atoms with Gasteiger partial charge in [0.05, 0.1) is 30.9 Å². The smallest absolute Gasteiger partial charge is 0.326 e. The topological polar surface area (TPSA) is 344 Å². The van der Waals surface area contributed by atoms with Crippen LogP contribution in [0.5, 0.6) is 0 Å². The zero-order valence-electron chi connectivity index (χ0n) is 28.3. The Hall–Kier alpha value is -6.16. The number of aldehydes is 1. The van der Waals surface area contributed by atoms with Gasteiger partial charge < -0.3 is 53.1 Å². The van der Waals surface area contributed by atoms with Crippen LogP contribution in [0.1, 0.15) is 41.7 Å². The molecule has 3 aromatic rings. The highest BCUT2D eigenvalue weighted by Gasteiger charge is 2.28. The third kappa shape index (κ3) is 13.2. The van der Waals surface area contributed by atoms with Gasteiger partial charge in [-0.15, -0.1) is 0 Å². The molecule has 0 aliphatic heterocycles. The first kappa shape index (κ1) is 41.3. The summed E-state index contributed by atoms with van der Waals surface area (Å²) in [5, 5.41) is 31.2. The van der Waals surface area contributed by atoms with Crippen molar-refractivity contribution in [2.75, 3.05) is 29.6 Å². The maximum Gasteiger partial charge on any atom is 0.326 e. The summed E-state index contributed by atoms with van der Waals surface area (Å²) in [6.07, 6.45) is 2.52. The number of nitrogen functional groups attached to an aromatic ring is 1. The summed E-state index contributed by atoms with van der Waals surface area (Å²) in [6, 6.07) is 0.685. The number of hydrogen-bond acceptors (Lipinski definition) is 15. The van der Waals surface area contributed by atoms with Crippen LogP contribution in [0.3, 0.4) is 0 Å². The molecule has 0 saturated heterocycles. The summed E-state index contributed by atoms with van der Waals surface area (Å²) in [4.78, 5) is 111. The number of carbonyl (C=O) groups excluding carboxylic acids is 5. The van der Waals surface area contributed by atoms with E-state index in [9.17, 15) is 48.6 Å². The molecule has 0 aliphatic carbocycles. The van der Waals surface area contributed by atoms with E-state index < -0.39 is 78.3 Å². The lowest BCUT2D eigenvalue weighted by Crippen LogP contribution is -2.56. The number of aromatic amines is 1. The molecule has 21 nitrogen and oxygen atoms in total. The minimum Gasteiger partial charge on any atom is -0.481 e. The number of carbonyl (C=O) groups is 7.